The number of nitriles is 1. The van der Waals surface area contributed by atoms with Crippen molar-refractivity contribution in [2.45, 2.75) is 0 Å². The molecule has 0 aliphatic rings. The third kappa shape index (κ3) is 5.06. The first-order valence-electron chi connectivity index (χ1n) is 8.16. The molecule has 3 aromatic rings. The summed E-state index contributed by atoms with van der Waals surface area (Å²) >= 11 is 3.38. The van der Waals surface area contributed by atoms with Crippen molar-refractivity contribution >= 4 is 33.6 Å². The molecule has 0 spiro atoms. The van der Waals surface area contributed by atoms with Gasteiger partial charge in [-0.15, -0.1) is 0 Å². The van der Waals surface area contributed by atoms with Gasteiger partial charge in [-0.05, 0) is 48.0 Å². The molecule has 5 heteroatoms. The molecule has 27 heavy (non-hydrogen) atoms. The highest BCUT2D eigenvalue weighted by molar-refractivity contribution is 9.10. The van der Waals surface area contributed by atoms with Crippen molar-refractivity contribution < 1.29 is 9.53 Å². The van der Waals surface area contributed by atoms with Gasteiger partial charge < -0.3 is 10.1 Å². The molecule has 0 aliphatic heterocycles. The average molecular weight is 419 g/mol. The van der Waals surface area contributed by atoms with Crippen LogP contribution in [0.3, 0.4) is 0 Å². The molecule has 0 atom stereocenters. The minimum Gasteiger partial charge on any atom is -0.455 e. The predicted molar refractivity (Wildman–Crippen MR) is 109 cm³/mol. The number of rotatable bonds is 5. The van der Waals surface area contributed by atoms with Crippen molar-refractivity contribution in [3.8, 4) is 17.6 Å². The van der Waals surface area contributed by atoms with Crippen LogP contribution in [-0.2, 0) is 4.79 Å². The van der Waals surface area contributed by atoms with E-state index in [-0.39, 0.29) is 5.57 Å². The lowest BCUT2D eigenvalue weighted by Crippen LogP contribution is -2.14. The summed E-state index contributed by atoms with van der Waals surface area (Å²) in [5, 5.41) is 12.1. The summed E-state index contributed by atoms with van der Waals surface area (Å²) in [5.74, 6) is 0.655. The van der Waals surface area contributed by atoms with Gasteiger partial charge in [-0.25, -0.2) is 0 Å². The Kier molecular flexibility index (Phi) is 6.03. The number of amides is 1. The number of carbonyl (C=O) groups is 1. The molecule has 0 fully saturated rings. The number of para-hydroxylation sites is 3. The van der Waals surface area contributed by atoms with Crippen molar-refractivity contribution in [3.63, 3.8) is 0 Å². The fraction of sp³-hybridized carbons (Fsp3) is 0. The van der Waals surface area contributed by atoms with Crippen LogP contribution in [0.2, 0.25) is 0 Å². The number of benzene rings is 3. The van der Waals surface area contributed by atoms with E-state index in [4.69, 9.17) is 4.74 Å². The number of hydrogen-bond donors (Lipinski definition) is 1. The van der Waals surface area contributed by atoms with Crippen LogP contribution in [0.5, 0.6) is 11.5 Å². The van der Waals surface area contributed by atoms with Crippen LogP contribution in [-0.4, -0.2) is 5.91 Å². The molecule has 0 heterocycles. The Balaban J connectivity index is 1.82. The van der Waals surface area contributed by atoms with E-state index in [0.717, 1.165) is 10.0 Å². The molecular weight excluding hydrogens is 404 g/mol. The Morgan fingerprint density at radius 2 is 1.74 bits per heavy atom. The lowest BCUT2D eigenvalue weighted by Gasteiger charge is -2.12. The highest BCUT2D eigenvalue weighted by atomic mass is 79.9. The summed E-state index contributed by atoms with van der Waals surface area (Å²) in [6.07, 6.45) is 1.54. The van der Waals surface area contributed by atoms with Gasteiger partial charge in [0.25, 0.3) is 5.91 Å². The number of carbonyl (C=O) groups excluding carboxylic acids is 1. The van der Waals surface area contributed by atoms with Crippen molar-refractivity contribution in [2.24, 2.45) is 0 Å². The van der Waals surface area contributed by atoms with E-state index in [2.05, 4.69) is 21.2 Å². The summed E-state index contributed by atoms with van der Waals surface area (Å²) in [6.45, 7) is 0. The number of nitrogens with zero attached hydrogens (tertiary/aromatic N) is 1. The van der Waals surface area contributed by atoms with E-state index in [0.29, 0.717) is 17.2 Å². The van der Waals surface area contributed by atoms with Crippen LogP contribution >= 0.6 is 15.9 Å². The Labute approximate surface area is 165 Å². The largest absolute Gasteiger partial charge is 0.455 e. The standard InChI is InChI=1S/C22H15BrN2O2/c23-18-8-6-7-16(14-18)13-17(15-24)22(26)25-20-11-4-5-12-21(20)27-19-9-2-1-3-10-19/h1-14H,(H,25,26)/b17-13+. The van der Waals surface area contributed by atoms with Gasteiger partial charge >= 0.3 is 0 Å². The normalized spacial score (nSPS) is 10.7. The van der Waals surface area contributed by atoms with Crippen molar-refractivity contribution in [1.82, 2.24) is 0 Å². The Morgan fingerprint density at radius 1 is 1.00 bits per heavy atom. The fourth-order valence-corrected chi connectivity index (χ4v) is 2.79. The smallest absolute Gasteiger partial charge is 0.266 e. The van der Waals surface area contributed by atoms with E-state index in [1.807, 2.05) is 66.7 Å². The monoisotopic (exact) mass is 418 g/mol. The molecule has 3 aromatic carbocycles. The molecule has 0 saturated carbocycles. The van der Waals surface area contributed by atoms with Gasteiger partial charge in [0.2, 0.25) is 0 Å². The van der Waals surface area contributed by atoms with Crippen LogP contribution in [0.4, 0.5) is 5.69 Å². The zero-order valence-electron chi connectivity index (χ0n) is 14.2. The predicted octanol–water partition coefficient (Wildman–Crippen LogP) is 5.79. The van der Waals surface area contributed by atoms with Crippen LogP contribution in [0.15, 0.2) is 88.9 Å². The molecule has 0 unspecified atom stereocenters. The van der Waals surface area contributed by atoms with E-state index >= 15 is 0 Å². The zero-order chi connectivity index (χ0) is 19.1. The molecule has 132 valence electrons. The van der Waals surface area contributed by atoms with E-state index in [1.54, 1.807) is 24.3 Å². The van der Waals surface area contributed by atoms with Crippen molar-refractivity contribution in [2.75, 3.05) is 5.32 Å². The molecular formula is C22H15BrN2O2. The first-order chi connectivity index (χ1) is 13.2. The molecule has 1 amide bonds. The molecule has 0 aliphatic carbocycles. The minimum absolute atomic E-state index is 0.00242. The van der Waals surface area contributed by atoms with Crippen LogP contribution in [0, 0.1) is 11.3 Å². The van der Waals surface area contributed by atoms with Gasteiger partial charge in [-0.2, -0.15) is 5.26 Å². The van der Waals surface area contributed by atoms with E-state index in [9.17, 15) is 10.1 Å². The minimum atomic E-state index is -0.499. The Morgan fingerprint density at radius 3 is 2.48 bits per heavy atom. The summed E-state index contributed by atoms with van der Waals surface area (Å²) in [5.41, 5.74) is 1.24. The number of anilines is 1. The topological polar surface area (TPSA) is 62.1 Å². The first-order valence-corrected chi connectivity index (χ1v) is 8.95. The second-order valence-electron chi connectivity index (χ2n) is 5.59. The summed E-state index contributed by atoms with van der Waals surface area (Å²) < 4.78 is 6.71. The lowest BCUT2D eigenvalue weighted by molar-refractivity contribution is -0.112. The van der Waals surface area contributed by atoms with E-state index < -0.39 is 5.91 Å². The molecule has 0 aromatic heterocycles. The Bertz CT molecular complexity index is 1020. The number of hydrogen-bond acceptors (Lipinski definition) is 3. The SMILES string of the molecule is N#C/C(=C\c1cccc(Br)c1)C(=O)Nc1ccccc1Oc1ccccc1. The zero-order valence-corrected chi connectivity index (χ0v) is 15.8. The number of nitrogens with one attached hydrogen (secondary N) is 1. The number of halogens is 1. The molecule has 4 nitrogen and oxygen atoms in total. The molecule has 0 bridgehead atoms. The summed E-state index contributed by atoms with van der Waals surface area (Å²) in [4.78, 5) is 12.6. The molecule has 0 radical (unpaired) electrons. The highest BCUT2D eigenvalue weighted by Crippen LogP contribution is 2.29. The van der Waals surface area contributed by atoms with Gasteiger partial charge in [-0.3, -0.25) is 4.79 Å². The second kappa shape index (κ2) is 8.84. The highest BCUT2D eigenvalue weighted by Gasteiger charge is 2.13. The molecule has 0 saturated heterocycles. The maximum absolute atomic E-state index is 12.6. The van der Waals surface area contributed by atoms with Crippen molar-refractivity contribution in [3.05, 3.63) is 94.5 Å². The molecule has 3 rings (SSSR count). The van der Waals surface area contributed by atoms with Crippen LogP contribution < -0.4 is 10.1 Å². The average Bonchev–Trinajstić information content (AvgIpc) is 2.68. The lowest BCUT2D eigenvalue weighted by atomic mass is 10.1. The summed E-state index contributed by atoms with van der Waals surface area (Å²) in [7, 11) is 0. The third-order valence-electron chi connectivity index (χ3n) is 3.63. The fourth-order valence-electron chi connectivity index (χ4n) is 2.38. The van der Waals surface area contributed by atoms with Gasteiger partial charge in [0.15, 0.2) is 5.75 Å². The quantitative estimate of drug-likeness (QED) is 0.421. The summed E-state index contributed by atoms with van der Waals surface area (Å²) in [6, 6.07) is 25.7. The third-order valence-corrected chi connectivity index (χ3v) is 4.12. The maximum atomic E-state index is 12.6. The van der Waals surface area contributed by atoms with Crippen LogP contribution in [0.25, 0.3) is 6.08 Å². The van der Waals surface area contributed by atoms with E-state index in [1.165, 1.54) is 0 Å². The van der Waals surface area contributed by atoms with Gasteiger partial charge in [0.1, 0.15) is 17.4 Å². The Hall–Kier alpha value is -3.36. The second-order valence-corrected chi connectivity index (χ2v) is 6.51. The molecule has 1 N–H and O–H groups in total. The van der Waals surface area contributed by atoms with Gasteiger partial charge in [0, 0.05) is 4.47 Å². The first kappa shape index (κ1) is 18.4. The van der Waals surface area contributed by atoms with Gasteiger partial charge in [0.05, 0.1) is 5.69 Å². The maximum Gasteiger partial charge on any atom is 0.266 e. The number of ether oxygens (including phenoxy) is 1. The van der Waals surface area contributed by atoms with Crippen LogP contribution in [0.1, 0.15) is 5.56 Å². The van der Waals surface area contributed by atoms with Gasteiger partial charge in [-0.1, -0.05) is 58.4 Å². The van der Waals surface area contributed by atoms with Crippen molar-refractivity contribution in [1.29, 1.82) is 5.26 Å².